The van der Waals surface area contributed by atoms with E-state index >= 15 is 0 Å². The molecule has 1 atom stereocenters. The molecule has 2 amide bonds. The minimum Gasteiger partial charge on any atom is -0.273 e. The van der Waals surface area contributed by atoms with E-state index in [-0.39, 0.29) is 23.1 Å². The lowest BCUT2D eigenvalue weighted by Gasteiger charge is -2.29. The number of carbonyl (C=O) groups is 2. The van der Waals surface area contributed by atoms with Crippen LogP contribution in [-0.2, 0) is 9.59 Å². The first-order chi connectivity index (χ1) is 6.32. The van der Waals surface area contributed by atoms with Crippen LogP contribution in [0.5, 0.6) is 0 Å². The molecule has 1 fully saturated rings. The zero-order chi connectivity index (χ0) is 10.9. The summed E-state index contributed by atoms with van der Waals surface area (Å²) in [4.78, 5) is 22.8. The number of hydrogen-bond donors (Lipinski definition) is 1. The van der Waals surface area contributed by atoms with Gasteiger partial charge in [0.05, 0.1) is 6.54 Å². The monoisotopic (exact) mass is 198 g/mol. The summed E-state index contributed by atoms with van der Waals surface area (Å²) in [5, 5.41) is 1.43. The molecule has 80 valence electrons. The SMILES string of the molecule is CC(C(=O)N1CCC(=O)N1)C(C)(C)C. The molecule has 1 aliphatic heterocycles. The van der Waals surface area contributed by atoms with E-state index < -0.39 is 0 Å². The Morgan fingerprint density at radius 2 is 2.07 bits per heavy atom. The highest BCUT2D eigenvalue weighted by Crippen LogP contribution is 2.27. The first kappa shape index (κ1) is 11.0. The van der Waals surface area contributed by atoms with Gasteiger partial charge in [0.2, 0.25) is 11.8 Å². The second-order valence-corrected chi connectivity index (χ2v) is 4.86. The highest BCUT2D eigenvalue weighted by molar-refractivity contribution is 5.86. The van der Waals surface area contributed by atoms with Gasteiger partial charge in [-0.15, -0.1) is 0 Å². The van der Waals surface area contributed by atoms with E-state index in [1.165, 1.54) is 5.01 Å². The molecule has 0 bridgehead atoms. The number of carbonyl (C=O) groups excluding carboxylic acids is 2. The average Bonchev–Trinajstić information content (AvgIpc) is 2.47. The van der Waals surface area contributed by atoms with Crippen molar-refractivity contribution in [3.05, 3.63) is 0 Å². The van der Waals surface area contributed by atoms with Gasteiger partial charge in [-0.1, -0.05) is 27.7 Å². The molecule has 0 spiro atoms. The van der Waals surface area contributed by atoms with Crippen LogP contribution in [0.15, 0.2) is 0 Å². The van der Waals surface area contributed by atoms with Crippen molar-refractivity contribution in [1.82, 2.24) is 10.4 Å². The molecule has 1 unspecified atom stereocenters. The van der Waals surface area contributed by atoms with Crippen molar-refractivity contribution in [3.8, 4) is 0 Å². The van der Waals surface area contributed by atoms with Crippen molar-refractivity contribution >= 4 is 11.8 Å². The Morgan fingerprint density at radius 1 is 1.50 bits per heavy atom. The molecule has 1 rings (SSSR count). The van der Waals surface area contributed by atoms with E-state index in [0.717, 1.165) is 0 Å². The van der Waals surface area contributed by atoms with E-state index in [9.17, 15) is 9.59 Å². The Morgan fingerprint density at radius 3 is 2.43 bits per heavy atom. The third-order valence-electron chi connectivity index (χ3n) is 2.76. The van der Waals surface area contributed by atoms with Gasteiger partial charge in [-0.05, 0) is 5.41 Å². The van der Waals surface area contributed by atoms with Gasteiger partial charge in [0.25, 0.3) is 0 Å². The molecule has 1 saturated heterocycles. The van der Waals surface area contributed by atoms with Gasteiger partial charge in [-0.3, -0.25) is 20.0 Å². The highest BCUT2D eigenvalue weighted by Gasteiger charge is 2.33. The van der Waals surface area contributed by atoms with E-state index in [2.05, 4.69) is 5.43 Å². The van der Waals surface area contributed by atoms with Crippen molar-refractivity contribution in [2.24, 2.45) is 11.3 Å². The molecule has 0 aromatic heterocycles. The van der Waals surface area contributed by atoms with Gasteiger partial charge >= 0.3 is 0 Å². The van der Waals surface area contributed by atoms with Crippen LogP contribution in [0, 0.1) is 11.3 Å². The van der Waals surface area contributed by atoms with E-state index in [0.29, 0.717) is 13.0 Å². The van der Waals surface area contributed by atoms with Crippen molar-refractivity contribution in [2.45, 2.75) is 34.1 Å². The zero-order valence-electron chi connectivity index (χ0n) is 9.26. The molecule has 1 aliphatic rings. The van der Waals surface area contributed by atoms with Gasteiger partial charge in [0, 0.05) is 12.3 Å². The molecule has 1 heterocycles. The van der Waals surface area contributed by atoms with Gasteiger partial charge in [0.15, 0.2) is 0 Å². The van der Waals surface area contributed by atoms with Crippen LogP contribution in [-0.4, -0.2) is 23.4 Å². The minimum atomic E-state index is -0.0825. The molecule has 0 saturated carbocycles. The van der Waals surface area contributed by atoms with Gasteiger partial charge in [-0.2, -0.15) is 0 Å². The van der Waals surface area contributed by atoms with E-state index in [1.807, 2.05) is 27.7 Å². The Labute approximate surface area is 84.6 Å². The molecule has 4 nitrogen and oxygen atoms in total. The lowest BCUT2D eigenvalue weighted by Crippen LogP contribution is -2.44. The summed E-state index contributed by atoms with van der Waals surface area (Å²) in [6.45, 7) is 8.46. The first-order valence-electron chi connectivity index (χ1n) is 4.93. The Bertz CT molecular complexity index is 255. The highest BCUT2D eigenvalue weighted by atomic mass is 16.2. The maximum atomic E-state index is 11.8. The summed E-state index contributed by atoms with van der Waals surface area (Å²) >= 11 is 0. The molecular formula is C10H18N2O2. The number of rotatable bonds is 1. The fourth-order valence-electron chi connectivity index (χ4n) is 1.25. The Balaban J connectivity index is 2.62. The number of amides is 2. The molecular weight excluding hydrogens is 180 g/mol. The number of nitrogens with one attached hydrogen (secondary N) is 1. The maximum Gasteiger partial charge on any atom is 0.244 e. The summed E-state index contributed by atoms with van der Waals surface area (Å²) in [5.74, 6) is -0.149. The van der Waals surface area contributed by atoms with Crippen molar-refractivity contribution in [2.75, 3.05) is 6.54 Å². The van der Waals surface area contributed by atoms with Gasteiger partial charge in [0.1, 0.15) is 0 Å². The quantitative estimate of drug-likeness (QED) is 0.681. The Kier molecular flexibility index (Phi) is 2.83. The molecule has 0 aromatic carbocycles. The van der Waals surface area contributed by atoms with Crippen molar-refractivity contribution < 1.29 is 9.59 Å². The van der Waals surface area contributed by atoms with E-state index in [4.69, 9.17) is 0 Å². The molecule has 0 aliphatic carbocycles. The van der Waals surface area contributed by atoms with Crippen molar-refractivity contribution in [3.63, 3.8) is 0 Å². The summed E-state index contributed by atoms with van der Waals surface area (Å²) in [7, 11) is 0. The molecule has 0 aromatic rings. The predicted molar refractivity (Wildman–Crippen MR) is 53.1 cm³/mol. The fraction of sp³-hybridized carbons (Fsp3) is 0.800. The fourth-order valence-corrected chi connectivity index (χ4v) is 1.25. The second-order valence-electron chi connectivity index (χ2n) is 4.86. The molecule has 14 heavy (non-hydrogen) atoms. The van der Waals surface area contributed by atoms with Crippen molar-refractivity contribution in [1.29, 1.82) is 0 Å². The number of hydrogen-bond acceptors (Lipinski definition) is 2. The standard InChI is InChI=1S/C10H18N2O2/c1-7(10(2,3)4)9(14)12-6-5-8(13)11-12/h7H,5-6H2,1-4H3,(H,11,13). The van der Waals surface area contributed by atoms with Crippen LogP contribution >= 0.6 is 0 Å². The molecule has 0 radical (unpaired) electrons. The Hall–Kier alpha value is -1.06. The summed E-state index contributed by atoms with van der Waals surface area (Å²) in [6.07, 6.45) is 0.419. The zero-order valence-corrected chi connectivity index (χ0v) is 9.26. The first-order valence-corrected chi connectivity index (χ1v) is 4.93. The van der Waals surface area contributed by atoms with Crippen LogP contribution in [0.1, 0.15) is 34.1 Å². The molecule has 4 heteroatoms. The van der Waals surface area contributed by atoms with Crippen LogP contribution in [0.3, 0.4) is 0 Å². The van der Waals surface area contributed by atoms with Gasteiger partial charge < -0.3 is 0 Å². The summed E-state index contributed by atoms with van der Waals surface area (Å²) in [6, 6.07) is 0. The lowest BCUT2D eigenvalue weighted by molar-refractivity contribution is -0.142. The number of hydrazine groups is 1. The molecule has 1 N–H and O–H groups in total. The van der Waals surface area contributed by atoms with E-state index in [1.54, 1.807) is 0 Å². The topological polar surface area (TPSA) is 49.4 Å². The summed E-state index contributed by atoms with van der Waals surface area (Å²) in [5.41, 5.74) is 2.49. The second kappa shape index (κ2) is 3.59. The van der Waals surface area contributed by atoms with Gasteiger partial charge in [-0.25, -0.2) is 0 Å². The van der Waals surface area contributed by atoms with Crippen LogP contribution < -0.4 is 5.43 Å². The summed E-state index contributed by atoms with van der Waals surface area (Å²) < 4.78 is 0. The largest absolute Gasteiger partial charge is 0.273 e. The van der Waals surface area contributed by atoms with Crippen LogP contribution in [0.4, 0.5) is 0 Å². The average molecular weight is 198 g/mol. The third-order valence-corrected chi connectivity index (χ3v) is 2.76. The number of nitrogens with zero attached hydrogens (tertiary/aromatic N) is 1. The minimum absolute atomic E-state index is 0.00310. The maximum absolute atomic E-state index is 11.8. The smallest absolute Gasteiger partial charge is 0.244 e. The van der Waals surface area contributed by atoms with Crippen LogP contribution in [0.2, 0.25) is 0 Å². The normalized spacial score (nSPS) is 19.4. The predicted octanol–water partition coefficient (Wildman–Crippen LogP) is 0.932. The van der Waals surface area contributed by atoms with Crippen LogP contribution in [0.25, 0.3) is 0 Å². The lowest BCUT2D eigenvalue weighted by atomic mass is 9.81. The third kappa shape index (κ3) is 2.25.